The van der Waals surface area contributed by atoms with Gasteiger partial charge in [-0.1, -0.05) is 6.07 Å². The van der Waals surface area contributed by atoms with Crippen molar-refractivity contribution in [3.05, 3.63) is 58.2 Å². The van der Waals surface area contributed by atoms with Crippen LogP contribution in [0.3, 0.4) is 0 Å². The quantitative estimate of drug-likeness (QED) is 0.743. The van der Waals surface area contributed by atoms with Crippen molar-refractivity contribution in [1.82, 2.24) is 14.9 Å². The van der Waals surface area contributed by atoms with Crippen LogP contribution in [0.2, 0.25) is 0 Å². The maximum absolute atomic E-state index is 5.39. The molecule has 0 saturated heterocycles. The Hall–Kier alpha value is -1.98. The number of hydrogen-bond donors (Lipinski definition) is 0. The average Bonchev–Trinajstić information content (AvgIpc) is 3.20. The Morgan fingerprint density at radius 1 is 1.29 bits per heavy atom. The van der Waals surface area contributed by atoms with Crippen molar-refractivity contribution < 1.29 is 4.42 Å². The zero-order valence-corrected chi connectivity index (χ0v) is 12.3. The van der Waals surface area contributed by atoms with Crippen LogP contribution in [-0.4, -0.2) is 21.4 Å². The first kappa shape index (κ1) is 12.7. The zero-order chi connectivity index (χ0) is 14.1. The minimum absolute atomic E-state index is 0.678. The third kappa shape index (κ3) is 2.62. The minimum atomic E-state index is 0.678. The predicted octanol–water partition coefficient (Wildman–Crippen LogP) is 3.36. The van der Waals surface area contributed by atoms with Gasteiger partial charge >= 0.3 is 0 Å². The summed E-state index contributed by atoms with van der Waals surface area (Å²) in [5, 5.41) is 2.13. The second-order valence-corrected chi connectivity index (χ2v) is 6.22. The molecule has 0 atom stereocenters. The smallest absolute Gasteiger partial charge is 0.195 e. The molecule has 0 saturated carbocycles. The van der Waals surface area contributed by atoms with E-state index in [1.165, 1.54) is 10.4 Å². The van der Waals surface area contributed by atoms with E-state index in [4.69, 9.17) is 9.40 Å². The highest BCUT2D eigenvalue weighted by Crippen LogP contribution is 2.23. The molecule has 0 fully saturated rings. The first-order chi connectivity index (χ1) is 10.4. The van der Waals surface area contributed by atoms with Crippen molar-refractivity contribution in [3.8, 4) is 11.6 Å². The minimum Gasteiger partial charge on any atom is -0.461 e. The number of nitrogens with zero attached hydrogens (tertiary/aromatic N) is 3. The highest BCUT2D eigenvalue weighted by atomic mass is 32.1. The zero-order valence-electron chi connectivity index (χ0n) is 11.5. The first-order valence-electron chi connectivity index (χ1n) is 7.02. The van der Waals surface area contributed by atoms with E-state index in [0.717, 1.165) is 37.5 Å². The lowest BCUT2D eigenvalue weighted by Crippen LogP contribution is -2.30. The summed E-state index contributed by atoms with van der Waals surface area (Å²) in [6.07, 6.45) is 4.61. The van der Waals surface area contributed by atoms with Gasteiger partial charge in [0.1, 0.15) is 0 Å². The fourth-order valence-corrected chi connectivity index (χ4v) is 3.39. The summed E-state index contributed by atoms with van der Waals surface area (Å²) in [7, 11) is 0. The second-order valence-electron chi connectivity index (χ2n) is 5.18. The molecule has 5 heteroatoms. The van der Waals surface area contributed by atoms with Crippen molar-refractivity contribution in [2.45, 2.75) is 19.5 Å². The molecule has 0 bridgehead atoms. The molecular weight excluding hydrogens is 282 g/mol. The van der Waals surface area contributed by atoms with Crippen LogP contribution in [0.5, 0.6) is 0 Å². The molecule has 1 aliphatic rings. The Kier molecular flexibility index (Phi) is 3.29. The largest absolute Gasteiger partial charge is 0.461 e. The molecule has 0 aromatic carbocycles. The molecule has 3 aromatic rings. The number of hydrogen-bond acceptors (Lipinski definition) is 5. The Bertz CT molecular complexity index is 722. The van der Waals surface area contributed by atoms with Gasteiger partial charge in [-0.05, 0) is 35.6 Å². The highest BCUT2D eigenvalue weighted by molar-refractivity contribution is 7.09. The summed E-state index contributed by atoms with van der Waals surface area (Å²) in [6.45, 7) is 2.94. The SMILES string of the molecule is c1coc(-c2ncc3c(n2)CN(Cc2cccs2)CC3)c1. The van der Waals surface area contributed by atoms with Gasteiger partial charge in [0.25, 0.3) is 0 Å². The number of thiophene rings is 1. The molecule has 0 aliphatic carbocycles. The van der Waals surface area contributed by atoms with E-state index in [1.807, 2.05) is 29.7 Å². The second kappa shape index (κ2) is 5.42. The maximum Gasteiger partial charge on any atom is 0.195 e. The predicted molar refractivity (Wildman–Crippen MR) is 81.9 cm³/mol. The van der Waals surface area contributed by atoms with Gasteiger partial charge in [0, 0.05) is 30.7 Å². The fourth-order valence-electron chi connectivity index (χ4n) is 2.64. The monoisotopic (exact) mass is 297 g/mol. The summed E-state index contributed by atoms with van der Waals surface area (Å²) >= 11 is 1.81. The standard InChI is InChI=1S/C16H15N3OS/c1-4-15(20-7-1)16-17-9-12-5-6-19(11-14(12)18-16)10-13-3-2-8-21-13/h1-4,7-9H,5-6,10-11H2. The van der Waals surface area contributed by atoms with Crippen LogP contribution in [0, 0.1) is 0 Å². The molecule has 0 radical (unpaired) electrons. The Morgan fingerprint density at radius 3 is 3.10 bits per heavy atom. The summed E-state index contributed by atoms with van der Waals surface area (Å²) in [6, 6.07) is 8.05. The van der Waals surface area contributed by atoms with Crippen molar-refractivity contribution >= 4 is 11.3 Å². The van der Waals surface area contributed by atoms with Gasteiger partial charge in [-0.3, -0.25) is 4.90 Å². The van der Waals surface area contributed by atoms with Crippen LogP contribution in [0.25, 0.3) is 11.6 Å². The molecule has 4 rings (SSSR count). The summed E-state index contributed by atoms with van der Waals surface area (Å²) in [4.78, 5) is 12.9. The molecule has 4 nitrogen and oxygen atoms in total. The molecule has 0 N–H and O–H groups in total. The van der Waals surface area contributed by atoms with E-state index < -0.39 is 0 Å². The molecule has 0 unspecified atom stereocenters. The fraction of sp³-hybridized carbons (Fsp3) is 0.250. The van der Waals surface area contributed by atoms with Gasteiger partial charge in [-0.25, -0.2) is 9.97 Å². The van der Waals surface area contributed by atoms with E-state index in [2.05, 4.69) is 27.4 Å². The van der Waals surface area contributed by atoms with Gasteiger partial charge in [0.2, 0.25) is 0 Å². The molecule has 21 heavy (non-hydrogen) atoms. The summed E-state index contributed by atoms with van der Waals surface area (Å²) in [5.74, 6) is 1.41. The van der Waals surface area contributed by atoms with Gasteiger partial charge in [-0.2, -0.15) is 0 Å². The van der Waals surface area contributed by atoms with E-state index in [-0.39, 0.29) is 0 Å². The maximum atomic E-state index is 5.39. The third-order valence-electron chi connectivity index (χ3n) is 3.73. The van der Waals surface area contributed by atoms with Crippen molar-refractivity contribution in [2.75, 3.05) is 6.54 Å². The van der Waals surface area contributed by atoms with Crippen LogP contribution in [0.4, 0.5) is 0 Å². The first-order valence-corrected chi connectivity index (χ1v) is 7.90. The van der Waals surface area contributed by atoms with Crippen LogP contribution in [0.15, 0.2) is 46.5 Å². The van der Waals surface area contributed by atoms with Gasteiger partial charge in [-0.15, -0.1) is 11.3 Å². The van der Waals surface area contributed by atoms with Gasteiger partial charge in [0.15, 0.2) is 11.6 Å². The molecule has 4 heterocycles. The van der Waals surface area contributed by atoms with E-state index in [0.29, 0.717) is 5.82 Å². The number of furan rings is 1. The Morgan fingerprint density at radius 2 is 2.29 bits per heavy atom. The number of rotatable bonds is 3. The van der Waals surface area contributed by atoms with Crippen molar-refractivity contribution in [2.24, 2.45) is 0 Å². The number of aromatic nitrogens is 2. The molecule has 106 valence electrons. The average molecular weight is 297 g/mol. The van der Waals surface area contributed by atoms with Crippen molar-refractivity contribution in [1.29, 1.82) is 0 Å². The molecule has 1 aliphatic heterocycles. The van der Waals surface area contributed by atoms with Crippen molar-refractivity contribution in [3.63, 3.8) is 0 Å². The highest BCUT2D eigenvalue weighted by Gasteiger charge is 2.19. The number of fused-ring (bicyclic) bond motifs is 1. The molecule has 0 amide bonds. The van der Waals surface area contributed by atoms with Gasteiger partial charge in [0.05, 0.1) is 12.0 Å². The molecule has 0 spiro atoms. The molecular formula is C16H15N3OS. The van der Waals surface area contributed by atoms with Crippen LogP contribution >= 0.6 is 11.3 Å². The van der Waals surface area contributed by atoms with Crippen LogP contribution in [0.1, 0.15) is 16.1 Å². The van der Waals surface area contributed by atoms with Crippen LogP contribution < -0.4 is 0 Å². The summed E-state index contributed by atoms with van der Waals surface area (Å²) < 4.78 is 5.39. The Labute approximate surface area is 127 Å². The van der Waals surface area contributed by atoms with E-state index in [1.54, 1.807) is 6.26 Å². The summed E-state index contributed by atoms with van der Waals surface area (Å²) in [5.41, 5.74) is 2.38. The molecule has 3 aromatic heterocycles. The lowest BCUT2D eigenvalue weighted by molar-refractivity contribution is 0.243. The van der Waals surface area contributed by atoms with Gasteiger partial charge < -0.3 is 4.42 Å². The van der Waals surface area contributed by atoms with E-state index >= 15 is 0 Å². The van der Waals surface area contributed by atoms with E-state index in [9.17, 15) is 0 Å². The topological polar surface area (TPSA) is 42.2 Å². The normalized spacial score (nSPS) is 15.0. The lowest BCUT2D eigenvalue weighted by atomic mass is 10.1. The Balaban J connectivity index is 1.57. The van der Waals surface area contributed by atoms with Crippen LogP contribution in [-0.2, 0) is 19.5 Å². The lowest BCUT2D eigenvalue weighted by Gasteiger charge is -2.27. The third-order valence-corrected chi connectivity index (χ3v) is 4.59.